The molecule has 0 aliphatic rings. The van der Waals surface area contributed by atoms with Crippen LogP contribution in [-0.2, 0) is 11.2 Å². The molecule has 0 saturated heterocycles. The number of carbonyl (C=O) groups excluding carboxylic acids is 1. The summed E-state index contributed by atoms with van der Waals surface area (Å²) in [6.45, 7) is 8.01. The Hall–Kier alpha value is -3.34. The molecule has 0 spiro atoms. The average Bonchev–Trinajstić information content (AvgIpc) is 3.12. The number of benzene rings is 2. The molecule has 0 unspecified atom stereocenters. The van der Waals surface area contributed by atoms with Crippen molar-refractivity contribution < 1.29 is 18.7 Å². The molecule has 5 heteroatoms. The largest absolute Gasteiger partial charge is 0.513 e. The van der Waals surface area contributed by atoms with Crippen LogP contribution in [0, 0.1) is 13.8 Å². The number of aromatic nitrogens is 1. The van der Waals surface area contributed by atoms with Gasteiger partial charge in [0.05, 0.1) is 12.8 Å². The molecular formula is C25H25NO4. The third kappa shape index (κ3) is 3.41. The van der Waals surface area contributed by atoms with Gasteiger partial charge >= 0.3 is 6.16 Å². The van der Waals surface area contributed by atoms with Gasteiger partial charge in [0.1, 0.15) is 16.9 Å². The fourth-order valence-electron chi connectivity index (χ4n) is 3.89. The van der Waals surface area contributed by atoms with E-state index in [9.17, 15) is 4.79 Å². The first kappa shape index (κ1) is 20.0. The second kappa shape index (κ2) is 7.82. The summed E-state index contributed by atoms with van der Waals surface area (Å²) in [4.78, 5) is 16.8. The average molecular weight is 403 g/mol. The number of hydrogen-bond acceptors (Lipinski definition) is 5. The van der Waals surface area contributed by atoms with Crippen LogP contribution in [-0.4, -0.2) is 18.2 Å². The summed E-state index contributed by atoms with van der Waals surface area (Å²) in [6.07, 6.45) is -0.202. The Balaban J connectivity index is 1.92. The number of pyridine rings is 1. The summed E-state index contributed by atoms with van der Waals surface area (Å²) in [6, 6.07) is 14.2. The predicted molar refractivity (Wildman–Crippen MR) is 117 cm³/mol. The van der Waals surface area contributed by atoms with E-state index in [1.807, 2.05) is 44.2 Å². The van der Waals surface area contributed by atoms with Crippen molar-refractivity contribution in [3.63, 3.8) is 0 Å². The molecule has 4 aromatic rings. The van der Waals surface area contributed by atoms with Crippen LogP contribution in [0.3, 0.4) is 0 Å². The zero-order valence-electron chi connectivity index (χ0n) is 17.9. The lowest BCUT2D eigenvalue weighted by Gasteiger charge is -2.19. The topological polar surface area (TPSA) is 61.6 Å². The number of ether oxygens (including phenoxy) is 2. The van der Waals surface area contributed by atoms with Crippen LogP contribution >= 0.6 is 0 Å². The number of nitrogens with zero attached hydrogens (tertiary/aromatic N) is 1. The summed E-state index contributed by atoms with van der Waals surface area (Å²) in [5, 5.41) is 2.16. The van der Waals surface area contributed by atoms with E-state index in [-0.39, 0.29) is 5.92 Å². The summed E-state index contributed by atoms with van der Waals surface area (Å²) in [5.74, 6) is 0.681. The van der Waals surface area contributed by atoms with Gasteiger partial charge in [-0.15, -0.1) is 0 Å². The van der Waals surface area contributed by atoms with Crippen LogP contribution in [0.1, 0.15) is 47.8 Å². The summed E-state index contributed by atoms with van der Waals surface area (Å²) >= 11 is 0. The van der Waals surface area contributed by atoms with Gasteiger partial charge in [0, 0.05) is 39.6 Å². The van der Waals surface area contributed by atoms with Crippen molar-refractivity contribution in [2.45, 2.75) is 40.0 Å². The van der Waals surface area contributed by atoms with E-state index in [2.05, 4.69) is 26.0 Å². The Morgan fingerprint density at radius 3 is 2.53 bits per heavy atom. The second-order valence-corrected chi connectivity index (χ2v) is 7.79. The van der Waals surface area contributed by atoms with Crippen LogP contribution in [0.25, 0.3) is 21.9 Å². The lowest BCUT2D eigenvalue weighted by molar-refractivity contribution is 0.120. The first-order valence-electron chi connectivity index (χ1n) is 10.1. The molecule has 0 bridgehead atoms. The Labute approximate surface area is 175 Å². The fraction of sp³-hybridized carbons (Fsp3) is 0.280. The van der Waals surface area contributed by atoms with Crippen LogP contribution in [0.15, 0.2) is 46.9 Å². The van der Waals surface area contributed by atoms with E-state index < -0.39 is 6.16 Å². The normalized spacial score (nSPS) is 11.4. The van der Waals surface area contributed by atoms with Crippen LogP contribution in [0.5, 0.6) is 5.75 Å². The number of hydrogen-bond donors (Lipinski definition) is 0. The minimum Gasteiger partial charge on any atom is -0.456 e. The SMILES string of the molecule is COC(=O)Oc1c(C)c(C)nc(C(C)C)c1Cc1cccc2c1oc1ccccc12. The van der Waals surface area contributed by atoms with Gasteiger partial charge in [-0.3, -0.25) is 4.98 Å². The maximum absolute atomic E-state index is 12.0. The van der Waals surface area contributed by atoms with Crippen molar-refractivity contribution in [1.82, 2.24) is 4.98 Å². The van der Waals surface area contributed by atoms with Gasteiger partial charge in [0.15, 0.2) is 0 Å². The van der Waals surface area contributed by atoms with E-state index >= 15 is 0 Å². The number of furan rings is 1. The van der Waals surface area contributed by atoms with Crippen molar-refractivity contribution >= 4 is 28.1 Å². The Bertz CT molecular complexity index is 1250. The van der Waals surface area contributed by atoms with Crippen molar-refractivity contribution in [2.75, 3.05) is 7.11 Å². The van der Waals surface area contributed by atoms with E-state index in [0.29, 0.717) is 12.2 Å². The fourth-order valence-corrected chi connectivity index (χ4v) is 3.89. The summed E-state index contributed by atoms with van der Waals surface area (Å²) in [7, 11) is 1.31. The minimum absolute atomic E-state index is 0.161. The molecule has 30 heavy (non-hydrogen) atoms. The molecule has 0 N–H and O–H groups in total. The van der Waals surface area contributed by atoms with Crippen molar-refractivity contribution in [3.05, 3.63) is 70.5 Å². The monoisotopic (exact) mass is 403 g/mol. The Kier molecular flexibility index (Phi) is 5.20. The molecule has 0 atom stereocenters. The third-order valence-corrected chi connectivity index (χ3v) is 5.51. The molecule has 4 rings (SSSR count). The molecule has 154 valence electrons. The number of rotatable bonds is 4. The van der Waals surface area contributed by atoms with Gasteiger partial charge in [-0.2, -0.15) is 0 Å². The van der Waals surface area contributed by atoms with E-state index in [1.54, 1.807) is 0 Å². The number of carbonyl (C=O) groups is 1. The molecule has 0 fully saturated rings. The van der Waals surface area contributed by atoms with Gasteiger partial charge in [-0.05, 0) is 25.8 Å². The zero-order valence-corrected chi connectivity index (χ0v) is 17.9. The van der Waals surface area contributed by atoms with E-state index in [0.717, 1.165) is 50.0 Å². The number of para-hydroxylation sites is 2. The predicted octanol–water partition coefficient (Wildman–Crippen LogP) is 6.46. The van der Waals surface area contributed by atoms with Gasteiger partial charge < -0.3 is 13.9 Å². The smallest absolute Gasteiger partial charge is 0.456 e. The van der Waals surface area contributed by atoms with Crippen molar-refractivity contribution in [1.29, 1.82) is 0 Å². The van der Waals surface area contributed by atoms with Crippen LogP contribution in [0.2, 0.25) is 0 Å². The number of fused-ring (bicyclic) bond motifs is 3. The van der Waals surface area contributed by atoms with E-state index in [4.69, 9.17) is 18.9 Å². The molecular weight excluding hydrogens is 378 g/mol. The number of aryl methyl sites for hydroxylation is 1. The molecule has 0 aliphatic heterocycles. The molecule has 2 heterocycles. The van der Waals surface area contributed by atoms with E-state index in [1.165, 1.54) is 7.11 Å². The van der Waals surface area contributed by atoms with Gasteiger partial charge in [0.2, 0.25) is 0 Å². The molecule has 2 aromatic heterocycles. The van der Waals surface area contributed by atoms with Crippen LogP contribution < -0.4 is 4.74 Å². The molecule has 0 radical (unpaired) electrons. The summed E-state index contributed by atoms with van der Waals surface area (Å²) in [5.41, 5.74) is 6.17. The van der Waals surface area contributed by atoms with Gasteiger partial charge in [-0.25, -0.2) is 4.79 Å². The first-order chi connectivity index (χ1) is 14.4. The highest BCUT2D eigenvalue weighted by Crippen LogP contribution is 2.37. The molecule has 5 nitrogen and oxygen atoms in total. The minimum atomic E-state index is -0.735. The lowest BCUT2D eigenvalue weighted by Crippen LogP contribution is -2.14. The van der Waals surface area contributed by atoms with Gasteiger partial charge in [0.25, 0.3) is 0 Å². The summed E-state index contributed by atoms with van der Waals surface area (Å²) < 4.78 is 16.6. The molecule has 0 saturated carbocycles. The highest BCUT2D eigenvalue weighted by molar-refractivity contribution is 6.05. The number of methoxy groups -OCH3 is 1. The highest BCUT2D eigenvalue weighted by atomic mass is 16.7. The highest BCUT2D eigenvalue weighted by Gasteiger charge is 2.23. The zero-order chi connectivity index (χ0) is 21.4. The van der Waals surface area contributed by atoms with Gasteiger partial charge in [-0.1, -0.05) is 50.2 Å². The standard InChI is InChI=1S/C25H25NO4/c1-14(2)22-20(23(30-25(27)28-5)15(3)16(4)26-22)13-17-9-8-11-19-18-10-6-7-12-21(18)29-24(17)19/h6-12,14H,13H2,1-5H3. The van der Waals surface area contributed by atoms with Crippen molar-refractivity contribution in [2.24, 2.45) is 0 Å². The molecule has 0 aliphatic carbocycles. The Morgan fingerprint density at radius 2 is 1.80 bits per heavy atom. The maximum atomic E-state index is 12.0. The first-order valence-corrected chi connectivity index (χ1v) is 10.1. The molecule has 0 amide bonds. The molecule has 2 aromatic carbocycles. The quantitative estimate of drug-likeness (QED) is 0.366. The van der Waals surface area contributed by atoms with Crippen molar-refractivity contribution in [3.8, 4) is 5.75 Å². The lowest BCUT2D eigenvalue weighted by atomic mass is 9.93. The third-order valence-electron chi connectivity index (χ3n) is 5.51. The Morgan fingerprint density at radius 1 is 1.07 bits per heavy atom. The van der Waals surface area contributed by atoms with Crippen LogP contribution in [0.4, 0.5) is 4.79 Å². The maximum Gasteiger partial charge on any atom is 0.513 e. The second-order valence-electron chi connectivity index (χ2n) is 7.79.